The third-order valence-corrected chi connectivity index (χ3v) is 3.24. The number of carbonyl (C=O) groups excluding carboxylic acids is 2. The number of carboxylic acids is 1. The molecule has 0 aliphatic carbocycles. The molecule has 0 unspecified atom stereocenters. The number of amides is 1. The average Bonchev–Trinajstić information content (AvgIpc) is 2.60. The van der Waals surface area contributed by atoms with Crippen molar-refractivity contribution in [3.05, 3.63) is 71.8 Å². The van der Waals surface area contributed by atoms with Crippen LogP contribution in [0.4, 0.5) is 0 Å². The summed E-state index contributed by atoms with van der Waals surface area (Å²) in [6.07, 6.45) is -1.23. The van der Waals surface area contributed by atoms with E-state index in [2.05, 4.69) is 5.32 Å². The molecule has 1 radical (unpaired) electrons. The van der Waals surface area contributed by atoms with Crippen molar-refractivity contribution in [1.29, 1.82) is 0 Å². The molecule has 0 aliphatic rings. The number of carboxylic acid groups (broad SMARTS) is 1. The Balaban J connectivity index is 0.00000312. The number of benzene rings is 2. The van der Waals surface area contributed by atoms with Crippen LogP contribution in [0.25, 0.3) is 0 Å². The number of esters is 1. The third-order valence-electron chi connectivity index (χ3n) is 3.24. The molecule has 1 amide bonds. The van der Waals surface area contributed by atoms with Gasteiger partial charge in [-0.15, -0.1) is 0 Å². The van der Waals surface area contributed by atoms with Crippen LogP contribution in [0.1, 0.15) is 15.9 Å². The molecule has 2 aromatic carbocycles. The minimum Gasteiger partial charge on any atom is -0.478 e. The zero-order valence-corrected chi connectivity index (χ0v) is 15.8. The zero-order valence-electron chi connectivity index (χ0n) is 13.8. The quantitative estimate of drug-likeness (QED) is 0.580. The number of ether oxygens (including phenoxy) is 1. The predicted molar refractivity (Wildman–Crippen MR) is 92.2 cm³/mol. The molecular formula is C18H17NNaO5. The Morgan fingerprint density at radius 1 is 0.960 bits per heavy atom. The van der Waals surface area contributed by atoms with Crippen molar-refractivity contribution in [3.8, 4) is 0 Å². The van der Waals surface area contributed by atoms with E-state index in [0.29, 0.717) is 5.56 Å². The van der Waals surface area contributed by atoms with Crippen LogP contribution in [0.15, 0.2) is 60.7 Å². The van der Waals surface area contributed by atoms with Gasteiger partial charge in [-0.2, -0.15) is 0 Å². The van der Waals surface area contributed by atoms with Gasteiger partial charge >= 0.3 is 11.9 Å². The number of nitrogens with one attached hydrogen (secondary N) is 1. The molecule has 0 heterocycles. The summed E-state index contributed by atoms with van der Waals surface area (Å²) in [4.78, 5) is 34.8. The zero-order chi connectivity index (χ0) is 17.4. The molecule has 25 heavy (non-hydrogen) atoms. The Hall–Kier alpha value is -2.15. The predicted octanol–water partition coefficient (Wildman–Crippen LogP) is 1.27. The molecular weight excluding hydrogens is 333 g/mol. The second kappa shape index (κ2) is 10.7. The van der Waals surface area contributed by atoms with Crippen molar-refractivity contribution in [2.24, 2.45) is 0 Å². The molecule has 0 saturated carbocycles. The fourth-order valence-corrected chi connectivity index (χ4v) is 2.05. The summed E-state index contributed by atoms with van der Waals surface area (Å²) in [5.74, 6) is -2.47. The Morgan fingerprint density at radius 2 is 1.52 bits per heavy atom. The molecule has 0 aromatic heterocycles. The number of hydrogen-bond acceptors (Lipinski definition) is 4. The summed E-state index contributed by atoms with van der Waals surface area (Å²) < 4.78 is 4.95. The van der Waals surface area contributed by atoms with E-state index in [0.717, 1.165) is 5.56 Å². The van der Waals surface area contributed by atoms with Gasteiger partial charge in [0.15, 0.2) is 0 Å². The second-order valence-corrected chi connectivity index (χ2v) is 5.06. The van der Waals surface area contributed by atoms with Gasteiger partial charge in [0.2, 0.25) is 6.10 Å². The smallest absolute Gasteiger partial charge is 0.345 e. The van der Waals surface area contributed by atoms with Gasteiger partial charge in [0.05, 0.1) is 0 Å². The minimum absolute atomic E-state index is 0. The largest absolute Gasteiger partial charge is 0.478 e. The SMILES string of the molecule is O=C(CNC(=O)c1ccccc1)O[C@@H](Cc1ccccc1)C(=O)O.[Na]. The summed E-state index contributed by atoms with van der Waals surface area (Å²) >= 11 is 0. The molecule has 0 fully saturated rings. The minimum atomic E-state index is -1.30. The topological polar surface area (TPSA) is 92.7 Å². The van der Waals surface area contributed by atoms with Crippen LogP contribution in [0.3, 0.4) is 0 Å². The van der Waals surface area contributed by atoms with Gasteiger partial charge in [-0.05, 0) is 17.7 Å². The van der Waals surface area contributed by atoms with Gasteiger partial charge in [-0.3, -0.25) is 9.59 Å². The number of rotatable bonds is 7. The van der Waals surface area contributed by atoms with Crippen molar-refractivity contribution < 1.29 is 24.2 Å². The van der Waals surface area contributed by atoms with Crippen molar-refractivity contribution in [2.45, 2.75) is 12.5 Å². The van der Waals surface area contributed by atoms with Gasteiger partial charge in [-0.1, -0.05) is 48.5 Å². The van der Waals surface area contributed by atoms with E-state index in [1.54, 1.807) is 54.6 Å². The fraction of sp³-hybridized carbons (Fsp3) is 0.167. The van der Waals surface area contributed by atoms with Crippen molar-refractivity contribution in [3.63, 3.8) is 0 Å². The Kier molecular flexibility index (Phi) is 8.91. The second-order valence-electron chi connectivity index (χ2n) is 5.06. The molecule has 1 atom stereocenters. The van der Waals surface area contributed by atoms with Crippen LogP contribution >= 0.6 is 0 Å². The normalized spacial score (nSPS) is 10.9. The first kappa shape index (κ1) is 20.9. The summed E-state index contributed by atoms with van der Waals surface area (Å²) in [7, 11) is 0. The van der Waals surface area contributed by atoms with Gasteiger partial charge in [0.1, 0.15) is 6.54 Å². The van der Waals surface area contributed by atoms with Crippen molar-refractivity contribution in [1.82, 2.24) is 5.32 Å². The van der Waals surface area contributed by atoms with E-state index in [1.807, 2.05) is 6.07 Å². The maximum absolute atomic E-state index is 11.8. The molecule has 0 saturated heterocycles. The fourth-order valence-electron chi connectivity index (χ4n) is 2.05. The summed E-state index contributed by atoms with van der Waals surface area (Å²) in [6, 6.07) is 17.2. The first-order valence-electron chi connectivity index (χ1n) is 7.35. The summed E-state index contributed by atoms with van der Waals surface area (Å²) in [5, 5.41) is 11.6. The van der Waals surface area contributed by atoms with Crippen LogP contribution in [-0.2, 0) is 20.7 Å². The first-order chi connectivity index (χ1) is 11.6. The first-order valence-corrected chi connectivity index (χ1v) is 7.35. The molecule has 6 nitrogen and oxygen atoms in total. The standard InChI is InChI=1S/C18H17NO5.Na/c20-16(12-19-17(21)14-9-5-2-6-10-14)24-15(18(22)23)11-13-7-3-1-4-8-13;/h1-10,15H,11-12H2,(H,19,21)(H,22,23);/t15-;/m0./s1. The van der Waals surface area contributed by atoms with Crippen molar-refractivity contribution >= 4 is 47.4 Å². The number of carbonyl (C=O) groups is 3. The van der Waals surface area contributed by atoms with Gasteiger partial charge < -0.3 is 15.2 Å². The maximum Gasteiger partial charge on any atom is 0.345 e. The molecule has 0 bridgehead atoms. The van der Waals surface area contributed by atoms with Crippen LogP contribution in [-0.4, -0.2) is 65.2 Å². The molecule has 7 heteroatoms. The Bertz CT molecular complexity index is 706. The maximum atomic E-state index is 11.8. The van der Waals surface area contributed by atoms with Crippen LogP contribution in [0, 0.1) is 0 Å². The van der Waals surface area contributed by atoms with Gasteiger partial charge in [0.25, 0.3) is 5.91 Å². The van der Waals surface area contributed by atoms with E-state index in [-0.39, 0.29) is 36.0 Å². The van der Waals surface area contributed by atoms with E-state index in [9.17, 15) is 19.5 Å². The summed E-state index contributed by atoms with van der Waals surface area (Å²) in [5.41, 5.74) is 1.15. The Morgan fingerprint density at radius 3 is 2.08 bits per heavy atom. The number of aliphatic carboxylic acids is 1. The van der Waals surface area contributed by atoms with Crippen molar-refractivity contribution in [2.75, 3.05) is 6.54 Å². The molecule has 2 N–H and O–H groups in total. The molecule has 0 spiro atoms. The molecule has 125 valence electrons. The van der Waals surface area contributed by atoms with E-state index in [4.69, 9.17) is 4.74 Å². The van der Waals surface area contributed by atoms with E-state index in [1.165, 1.54) is 0 Å². The van der Waals surface area contributed by atoms with Crippen LogP contribution in [0.5, 0.6) is 0 Å². The van der Waals surface area contributed by atoms with Crippen LogP contribution in [0.2, 0.25) is 0 Å². The third kappa shape index (κ3) is 7.09. The monoisotopic (exact) mass is 350 g/mol. The summed E-state index contributed by atoms with van der Waals surface area (Å²) in [6.45, 7) is -0.397. The van der Waals surface area contributed by atoms with Crippen LogP contribution < -0.4 is 5.32 Å². The Labute approximate surface area is 167 Å². The van der Waals surface area contributed by atoms with Gasteiger partial charge in [0, 0.05) is 41.5 Å². The van der Waals surface area contributed by atoms with E-state index < -0.39 is 30.5 Å². The molecule has 2 aromatic rings. The average molecular weight is 350 g/mol. The molecule has 2 rings (SSSR count). The number of hydrogen-bond donors (Lipinski definition) is 2. The van der Waals surface area contributed by atoms with E-state index >= 15 is 0 Å². The van der Waals surface area contributed by atoms with Gasteiger partial charge in [-0.25, -0.2) is 4.79 Å². The molecule has 0 aliphatic heterocycles.